The van der Waals surface area contributed by atoms with Gasteiger partial charge in [0.1, 0.15) is 5.54 Å². The monoisotopic (exact) mass is 293 g/mol. The second-order valence-electron chi connectivity index (χ2n) is 7.74. The number of hydrogen-bond donors (Lipinski definition) is 2. The van der Waals surface area contributed by atoms with Crippen LogP contribution >= 0.6 is 0 Å². The van der Waals surface area contributed by atoms with E-state index in [2.05, 4.69) is 30.6 Å². The minimum Gasteiger partial charge on any atom is -0.368 e. The van der Waals surface area contributed by atoms with E-state index in [0.717, 1.165) is 19.3 Å². The van der Waals surface area contributed by atoms with Crippen molar-refractivity contribution >= 4 is 5.91 Å². The van der Waals surface area contributed by atoms with E-state index in [9.17, 15) is 10.1 Å². The molecule has 1 saturated heterocycles. The van der Waals surface area contributed by atoms with Gasteiger partial charge >= 0.3 is 0 Å². The first kappa shape index (κ1) is 16.3. The fraction of sp³-hybridized carbons (Fsp3) is 0.875. The molecule has 5 nitrogen and oxygen atoms in total. The summed E-state index contributed by atoms with van der Waals surface area (Å²) in [5.74, 6) is 0.183. The van der Waals surface area contributed by atoms with Crippen LogP contribution in [-0.4, -0.2) is 35.2 Å². The number of nitriles is 1. The maximum Gasteiger partial charge on any atom is 0.235 e. The number of hydrogen-bond acceptors (Lipinski definition) is 4. The van der Waals surface area contributed by atoms with Gasteiger partial charge < -0.3 is 15.4 Å². The lowest BCUT2D eigenvalue weighted by atomic mass is 9.94. The molecule has 0 radical (unpaired) electrons. The van der Waals surface area contributed by atoms with Gasteiger partial charge in [-0.3, -0.25) is 4.79 Å². The highest BCUT2D eigenvalue weighted by Gasteiger charge is 2.46. The lowest BCUT2D eigenvalue weighted by molar-refractivity contribution is -0.122. The number of nitrogens with one attached hydrogen (secondary N) is 2. The topological polar surface area (TPSA) is 74.2 Å². The van der Waals surface area contributed by atoms with Gasteiger partial charge in [-0.2, -0.15) is 5.26 Å². The van der Waals surface area contributed by atoms with Crippen LogP contribution in [0.4, 0.5) is 0 Å². The summed E-state index contributed by atoms with van der Waals surface area (Å²) in [5.41, 5.74) is -1.19. The predicted molar refractivity (Wildman–Crippen MR) is 80.5 cm³/mol. The number of ether oxygens (including phenoxy) is 1. The zero-order chi connectivity index (χ0) is 15.9. The van der Waals surface area contributed by atoms with Gasteiger partial charge in [0.05, 0.1) is 23.8 Å². The van der Waals surface area contributed by atoms with Gasteiger partial charge in [0, 0.05) is 6.04 Å². The molecule has 2 rings (SSSR count). The zero-order valence-electron chi connectivity index (χ0n) is 13.7. The molecule has 1 aliphatic heterocycles. The fourth-order valence-corrected chi connectivity index (χ4v) is 3.31. The summed E-state index contributed by atoms with van der Waals surface area (Å²) in [7, 11) is 0. The molecular weight excluding hydrogens is 266 g/mol. The molecule has 2 N–H and O–H groups in total. The first-order valence-corrected chi connectivity index (χ1v) is 7.74. The lowest BCUT2D eigenvalue weighted by Gasteiger charge is -2.28. The summed E-state index contributed by atoms with van der Waals surface area (Å²) in [6, 6.07) is 2.38. The highest BCUT2D eigenvalue weighted by molar-refractivity contribution is 5.79. The number of carbonyl (C=O) groups is 1. The molecule has 0 unspecified atom stereocenters. The van der Waals surface area contributed by atoms with E-state index in [1.54, 1.807) is 0 Å². The molecule has 2 atom stereocenters. The fourth-order valence-electron chi connectivity index (χ4n) is 3.31. The van der Waals surface area contributed by atoms with Crippen molar-refractivity contribution in [3.8, 4) is 6.07 Å². The van der Waals surface area contributed by atoms with Gasteiger partial charge in [-0.05, 0) is 59.8 Å². The van der Waals surface area contributed by atoms with Gasteiger partial charge in [0.15, 0.2) is 0 Å². The van der Waals surface area contributed by atoms with Crippen LogP contribution in [0.1, 0.15) is 53.9 Å². The highest BCUT2D eigenvalue weighted by atomic mass is 16.5. The molecule has 21 heavy (non-hydrogen) atoms. The molecule has 118 valence electrons. The van der Waals surface area contributed by atoms with Crippen molar-refractivity contribution in [1.29, 1.82) is 5.26 Å². The van der Waals surface area contributed by atoms with Crippen molar-refractivity contribution in [2.75, 3.05) is 6.54 Å². The number of amides is 1. The Morgan fingerprint density at radius 1 is 1.38 bits per heavy atom. The van der Waals surface area contributed by atoms with Gasteiger partial charge in [-0.25, -0.2) is 0 Å². The predicted octanol–water partition coefficient (Wildman–Crippen LogP) is 1.73. The summed E-state index contributed by atoms with van der Waals surface area (Å²) in [5, 5.41) is 15.4. The third-order valence-electron chi connectivity index (χ3n) is 4.61. The van der Waals surface area contributed by atoms with E-state index in [4.69, 9.17) is 4.74 Å². The van der Waals surface area contributed by atoms with Crippen molar-refractivity contribution in [3.05, 3.63) is 0 Å². The van der Waals surface area contributed by atoms with Crippen LogP contribution in [0.2, 0.25) is 0 Å². The summed E-state index contributed by atoms with van der Waals surface area (Å²) in [6.45, 7) is 10.3. The molecule has 1 amide bonds. The van der Waals surface area contributed by atoms with E-state index in [1.807, 2.05) is 20.8 Å². The second-order valence-corrected chi connectivity index (χ2v) is 7.74. The maximum atomic E-state index is 12.1. The molecular formula is C16H27N3O2. The Kier molecular flexibility index (Phi) is 4.07. The summed E-state index contributed by atoms with van der Waals surface area (Å²) in [4.78, 5) is 12.1. The Hall–Kier alpha value is -1.12. The lowest BCUT2D eigenvalue weighted by Crippen LogP contribution is -2.52. The van der Waals surface area contributed by atoms with Crippen molar-refractivity contribution in [2.24, 2.45) is 5.92 Å². The van der Waals surface area contributed by atoms with Crippen molar-refractivity contribution in [1.82, 2.24) is 10.6 Å². The van der Waals surface area contributed by atoms with E-state index in [-0.39, 0.29) is 29.7 Å². The highest BCUT2D eigenvalue weighted by Crippen LogP contribution is 2.39. The molecule has 5 heteroatoms. The Morgan fingerprint density at radius 2 is 2.00 bits per heavy atom. The molecule has 2 aliphatic rings. The summed E-state index contributed by atoms with van der Waals surface area (Å²) < 4.78 is 6.00. The van der Waals surface area contributed by atoms with Crippen LogP contribution in [0, 0.1) is 17.2 Å². The van der Waals surface area contributed by atoms with Crippen molar-refractivity contribution < 1.29 is 9.53 Å². The van der Waals surface area contributed by atoms with Crippen LogP contribution in [-0.2, 0) is 9.53 Å². The van der Waals surface area contributed by atoms with Crippen molar-refractivity contribution in [2.45, 2.75) is 76.7 Å². The maximum absolute atomic E-state index is 12.1. The largest absolute Gasteiger partial charge is 0.368 e. The van der Waals surface area contributed by atoms with Crippen LogP contribution in [0.15, 0.2) is 0 Å². The molecule has 1 aliphatic carbocycles. The molecule has 2 fully saturated rings. The number of carbonyl (C=O) groups excluding carboxylic acids is 1. The van der Waals surface area contributed by atoms with Crippen LogP contribution in [0.3, 0.4) is 0 Å². The molecule has 0 aromatic rings. The molecule has 0 aromatic carbocycles. The quantitative estimate of drug-likeness (QED) is 0.809. The van der Waals surface area contributed by atoms with E-state index in [1.165, 1.54) is 0 Å². The standard InChI is InChI=1S/C16H27N3O2/c1-14(2)8-12(15(3,4)21-14)18-9-13(20)19-16(5,10-17)11-6-7-11/h11-12,18H,6-9H2,1-5H3,(H,19,20)/t12-,16-/m0/s1. The number of nitrogens with zero attached hydrogens (tertiary/aromatic N) is 1. The molecule has 0 spiro atoms. The van der Waals surface area contributed by atoms with Gasteiger partial charge in [-0.1, -0.05) is 0 Å². The molecule has 0 aromatic heterocycles. The average Bonchev–Trinajstić information content (AvgIpc) is 3.14. The minimum absolute atomic E-state index is 0.119. The van der Waals surface area contributed by atoms with Crippen molar-refractivity contribution in [3.63, 3.8) is 0 Å². The zero-order valence-corrected chi connectivity index (χ0v) is 13.7. The van der Waals surface area contributed by atoms with Crippen LogP contribution < -0.4 is 10.6 Å². The molecule has 1 saturated carbocycles. The first-order chi connectivity index (χ1) is 9.58. The third kappa shape index (κ3) is 3.75. The van der Waals surface area contributed by atoms with Gasteiger partial charge in [0.25, 0.3) is 0 Å². The Balaban J connectivity index is 1.86. The Labute approximate surface area is 127 Å². The van der Waals surface area contributed by atoms with Gasteiger partial charge in [0.2, 0.25) is 5.91 Å². The molecule has 1 heterocycles. The minimum atomic E-state index is -0.722. The SMILES string of the molecule is CC1(C)C[C@H](NCC(=O)N[C@@](C)(C#N)C2CC2)C(C)(C)O1. The summed E-state index contributed by atoms with van der Waals surface area (Å²) >= 11 is 0. The first-order valence-electron chi connectivity index (χ1n) is 7.74. The average molecular weight is 293 g/mol. The Bertz CT molecular complexity index is 463. The normalized spacial score (nSPS) is 29.4. The van der Waals surface area contributed by atoms with E-state index in [0.29, 0.717) is 5.92 Å². The number of rotatable bonds is 5. The Morgan fingerprint density at radius 3 is 2.43 bits per heavy atom. The van der Waals surface area contributed by atoms with E-state index >= 15 is 0 Å². The summed E-state index contributed by atoms with van der Waals surface area (Å²) in [6.07, 6.45) is 2.91. The third-order valence-corrected chi connectivity index (χ3v) is 4.61. The van der Waals surface area contributed by atoms with Gasteiger partial charge in [-0.15, -0.1) is 0 Å². The van der Waals surface area contributed by atoms with E-state index < -0.39 is 5.54 Å². The molecule has 0 bridgehead atoms. The smallest absolute Gasteiger partial charge is 0.235 e. The van der Waals surface area contributed by atoms with Crippen LogP contribution in [0.25, 0.3) is 0 Å². The van der Waals surface area contributed by atoms with Crippen LogP contribution in [0.5, 0.6) is 0 Å². The second kappa shape index (κ2) is 5.26.